The average Bonchev–Trinajstić information content (AvgIpc) is 2.88. The van der Waals surface area contributed by atoms with Gasteiger partial charge in [0, 0.05) is 8.95 Å². The van der Waals surface area contributed by atoms with Crippen LogP contribution in [0.4, 0.5) is 0 Å². The quantitative estimate of drug-likeness (QED) is 0.310. The van der Waals surface area contributed by atoms with E-state index in [9.17, 15) is 19.8 Å². The van der Waals surface area contributed by atoms with E-state index in [1.165, 1.54) is 0 Å². The molecule has 0 aliphatic heterocycles. The van der Waals surface area contributed by atoms with Crippen molar-refractivity contribution in [3.05, 3.63) is 68.6 Å². The highest BCUT2D eigenvalue weighted by molar-refractivity contribution is 9.10. The Morgan fingerprint density at radius 2 is 0.881 bits per heavy atom. The predicted molar refractivity (Wildman–Crippen MR) is 172 cm³/mol. The van der Waals surface area contributed by atoms with Crippen molar-refractivity contribution in [2.45, 2.75) is 115 Å². The first kappa shape index (κ1) is 34.7. The van der Waals surface area contributed by atoms with E-state index in [0.29, 0.717) is 51.4 Å². The van der Waals surface area contributed by atoms with E-state index in [1.807, 2.05) is 90.1 Å². The highest BCUT2D eigenvalue weighted by Crippen LogP contribution is 2.41. The van der Waals surface area contributed by atoms with Gasteiger partial charge in [-0.05, 0) is 128 Å². The first-order chi connectivity index (χ1) is 19.4. The summed E-state index contributed by atoms with van der Waals surface area (Å²) < 4.78 is 12.9. The summed E-state index contributed by atoms with van der Waals surface area (Å²) in [6, 6.07) is 15.5. The maximum absolute atomic E-state index is 12.1. The molecule has 0 spiro atoms. The molecule has 42 heavy (non-hydrogen) atoms. The number of ether oxygens (including phenoxy) is 2. The third-order valence-electron chi connectivity index (χ3n) is 7.87. The molecule has 2 aromatic carbocycles. The average molecular weight is 711 g/mol. The highest BCUT2D eigenvalue weighted by Gasteiger charge is 2.39. The van der Waals surface area contributed by atoms with Gasteiger partial charge >= 0.3 is 11.9 Å². The molecule has 4 rings (SSSR count). The van der Waals surface area contributed by atoms with Gasteiger partial charge in [-0.15, -0.1) is 0 Å². The van der Waals surface area contributed by atoms with Gasteiger partial charge in [-0.25, -0.2) is 0 Å². The molecule has 2 fully saturated rings. The summed E-state index contributed by atoms with van der Waals surface area (Å²) in [6.45, 7) is 11.3. The minimum atomic E-state index is -0.820. The lowest BCUT2D eigenvalue weighted by Crippen LogP contribution is -2.36. The van der Waals surface area contributed by atoms with E-state index in [0.717, 1.165) is 20.1 Å². The van der Waals surface area contributed by atoms with Crippen LogP contribution in [0.1, 0.15) is 104 Å². The van der Waals surface area contributed by atoms with Gasteiger partial charge in [0.1, 0.15) is 11.2 Å². The predicted octanol–water partition coefficient (Wildman–Crippen LogP) is 8.34. The Bertz CT molecular complexity index is 1080. The third-order valence-corrected chi connectivity index (χ3v) is 8.93. The number of carbonyl (C=O) groups is 2. The van der Waals surface area contributed by atoms with E-state index in [1.54, 1.807) is 0 Å². The summed E-state index contributed by atoms with van der Waals surface area (Å²) in [5, 5.41) is 21.6. The van der Waals surface area contributed by atoms with Gasteiger partial charge in [0.15, 0.2) is 0 Å². The van der Waals surface area contributed by atoms with Crippen LogP contribution in [-0.4, -0.2) is 33.4 Å². The summed E-state index contributed by atoms with van der Waals surface area (Å²) in [6.07, 6.45) is 5.06. The second-order valence-corrected chi connectivity index (χ2v) is 15.5. The van der Waals surface area contributed by atoms with Crippen molar-refractivity contribution < 1.29 is 29.3 Å². The van der Waals surface area contributed by atoms with Crippen LogP contribution in [0.15, 0.2) is 57.5 Å². The van der Waals surface area contributed by atoms with Crippen molar-refractivity contribution in [3.8, 4) is 0 Å². The first-order valence-corrected chi connectivity index (χ1v) is 16.4. The molecule has 0 atom stereocenters. The second kappa shape index (κ2) is 13.9. The van der Waals surface area contributed by atoms with Gasteiger partial charge in [0.2, 0.25) is 0 Å². The Labute approximate surface area is 267 Å². The lowest BCUT2D eigenvalue weighted by atomic mass is 9.75. The maximum atomic E-state index is 12.1. The summed E-state index contributed by atoms with van der Waals surface area (Å²) in [5.74, 6) is -0.472. The third kappa shape index (κ3) is 10.2. The summed E-state index contributed by atoms with van der Waals surface area (Å²) in [7, 11) is 0. The minimum absolute atomic E-state index is 0.0973. The Morgan fingerprint density at radius 1 is 0.619 bits per heavy atom. The zero-order valence-electron chi connectivity index (χ0n) is 25.7. The van der Waals surface area contributed by atoms with E-state index >= 15 is 0 Å². The normalized spacial score (nSPS) is 26.4. The van der Waals surface area contributed by atoms with Crippen LogP contribution in [0.3, 0.4) is 0 Å². The van der Waals surface area contributed by atoms with E-state index in [4.69, 9.17) is 9.47 Å². The molecule has 0 saturated heterocycles. The molecular formula is C34H46Br2O6. The maximum Gasteiger partial charge on any atom is 0.309 e. The summed E-state index contributed by atoms with van der Waals surface area (Å²) in [5.41, 5.74) is -0.687. The van der Waals surface area contributed by atoms with Crippen LogP contribution in [0.5, 0.6) is 0 Å². The van der Waals surface area contributed by atoms with E-state index in [-0.39, 0.29) is 23.8 Å². The van der Waals surface area contributed by atoms with Crippen molar-refractivity contribution in [2.75, 3.05) is 0 Å². The molecule has 2 aliphatic carbocycles. The molecule has 0 aromatic heterocycles. The van der Waals surface area contributed by atoms with Crippen LogP contribution < -0.4 is 0 Å². The molecule has 2 aliphatic rings. The molecule has 8 heteroatoms. The van der Waals surface area contributed by atoms with Crippen molar-refractivity contribution >= 4 is 43.8 Å². The summed E-state index contributed by atoms with van der Waals surface area (Å²) in [4.78, 5) is 24.2. The molecule has 0 radical (unpaired) electrons. The standard InChI is InChI=1S/2C17H23BrO3/c2*1-16(2,3)21-15(19)12-8-10-17(20,11-9-12)13-4-6-14(18)7-5-13/h2*4-7,12,20H,8-11H2,1-3H3. The smallest absolute Gasteiger partial charge is 0.309 e. The molecule has 2 saturated carbocycles. The minimum Gasteiger partial charge on any atom is -0.460 e. The Kier molecular flexibility index (Phi) is 11.5. The van der Waals surface area contributed by atoms with Crippen LogP contribution in [0, 0.1) is 11.8 Å². The second-order valence-electron chi connectivity index (χ2n) is 13.7. The highest BCUT2D eigenvalue weighted by atomic mass is 79.9. The fourth-order valence-electron chi connectivity index (χ4n) is 5.53. The first-order valence-electron chi connectivity index (χ1n) is 14.8. The number of aliphatic hydroxyl groups is 2. The van der Waals surface area contributed by atoms with Crippen LogP contribution >= 0.6 is 31.9 Å². The van der Waals surface area contributed by atoms with Crippen LogP contribution in [-0.2, 0) is 30.3 Å². The van der Waals surface area contributed by atoms with Crippen molar-refractivity contribution in [1.29, 1.82) is 0 Å². The lowest BCUT2D eigenvalue weighted by Gasteiger charge is -2.36. The number of halogens is 2. The monoisotopic (exact) mass is 708 g/mol. The number of hydrogen-bond donors (Lipinski definition) is 2. The molecule has 0 unspecified atom stereocenters. The largest absolute Gasteiger partial charge is 0.460 e. The topological polar surface area (TPSA) is 93.1 Å². The SMILES string of the molecule is CC(C)(C)OC(=O)C1CCC(O)(c2ccc(Br)cc2)CC1.CC(C)(C)OC(=O)C1CCC(O)(c2ccc(Br)cc2)CC1. The summed E-state index contributed by atoms with van der Waals surface area (Å²) >= 11 is 6.80. The molecular weight excluding hydrogens is 664 g/mol. The molecule has 0 amide bonds. The molecule has 6 nitrogen and oxygen atoms in total. The zero-order valence-corrected chi connectivity index (χ0v) is 28.9. The van der Waals surface area contributed by atoms with Gasteiger partial charge in [-0.2, -0.15) is 0 Å². The number of rotatable bonds is 4. The molecule has 2 N–H and O–H groups in total. The van der Waals surface area contributed by atoms with Gasteiger partial charge in [-0.1, -0.05) is 56.1 Å². The number of hydrogen-bond acceptors (Lipinski definition) is 6. The molecule has 232 valence electrons. The van der Waals surface area contributed by atoms with E-state index in [2.05, 4.69) is 31.9 Å². The van der Waals surface area contributed by atoms with Crippen molar-refractivity contribution in [2.24, 2.45) is 11.8 Å². The fourth-order valence-corrected chi connectivity index (χ4v) is 6.06. The zero-order chi connectivity index (χ0) is 31.3. The Balaban J connectivity index is 0.000000230. The molecule has 2 aromatic rings. The van der Waals surface area contributed by atoms with Crippen LogP contribution in [0.25, 0.3) is 0 Å². The molecule has 0 heterocycles. The van der Waals surface area contributed by atoms with Crippen molar-refractivity contribution in [3.63, 3.8) is 0 Å². The number of carbonyl (C=O) groups excluding carboxylic acids is 2. The van der Waals surface area contributed by atoms with Gasteiger partial charge < -0.3 is 19.7 Å². The molecule has 0 bridgehead atoms. The fraction of sp³-hybridized carbons (Fsp3) is 0.588. The Hall–Kier alpha value is -1.74. The Morgan fingerprint density at radius 3 is 1.12 bits per heavy atom. The van der Waals surface area contributed by atoms with Gasteiger partial charge in [0.05, 0.1) is 23.0 Å². The lowest BCUT2D eigenvalue weighted by molar-refractivity contribution is -0.164. The van der Waals surface area contributed by atoms with Gasteiger partial charge in [-0.3, -0.25) is 9.59 Å². The van der Waals surface area contributed by atoms with Crippen molar-refractivity contribution in [1.82, 2.24) is 0 Å². The van der Waals surface area contributed by atoms with E-state index < -0.39 is 22.4 Å². The van der Waals surface area contributed by atoms with Crippen LogP contribution in [0.2, 0.25) is 0 Å². The number of benzene rings is 2. The number of esters is 2. The van der Waals surface area contributed by atoms with Gasteiger partial charge in [0.25, 0.3) is 0 Å².